The number of rotatable bonds is 5. The Bertz CT molecular complexity index is 245. The number of aliphatic hydroxyl groups excluding tert-OH is 1. The molecule has 0 bridgehead atoms. The van der Waals surface area contributed by atoms with Crippen LogP contribution in [0.4, 0.5) is 0 Å². The molecule has 0 heterocycles. The normalized spacial score (nSPS) is 26.9. The topological polar surface area (TPSA) is 49.8 Å². The SMILES string of the molecule is CCOC(=O)C(C)N(C)CC1CCCCC1O. The first-order valence-electron chi connectivity index (χ1n) is 6.61. The van der Waals surface area contributed by atoms with Gasteiger partial charge in [-0.25, -0.2) is 0 Å². The summed E-state index contributed by atoms with van der Waals surface area (Å²) < 4.78 is 5.00. The van der Waals surface area contributed by atoms with Gasteiger partial charge in [-0.15, -0.1) is 0 Å². The Morgan fingerprint density at radius 3 is 2.71 bits per heavy atom. The predicted molar refractivity (Wildman–Crippen MR) is 66.7 cm³/mol. The van der Waals surface area contributed by atoms with Gasteiger partial charge in [0.05, 0.1) is 12.7 Å². The van der Waals surface area contributed by atoms with E-state index in [4.69, 9.17) is 4.74 Å². The Morgan fingerprint density at radius 2 is 2.12 bits per heavy atom. The van der Waals surface area contributed by atoms with Crippen molar-refractivity contribution in [3.63, 3.8) is 0 Å². The highest BCUT2D eigenvalue weighted by atomic mass is 16.5. The minimum absolute atomic E-state index is 0.180. The lowest BCUT2D eigenvalue weighted by Gasteiger charge is -2.33. The molecule has 1 rings (SSSR count). The molecular weight excluding hydrogens is 218 g/mol. The van der Waals surface area contributed by atoms with Crippen LogP contribution in [0, 0.1) is 5.92 Å². The minimum atomic E-state index is -0.232. The van der Waals surface area contributed by atoms with Crippen LogP contribution in [-0.4, -0.2) is 48.3 Å². The van der Waals surface area contributed by atoms with Crippen molar-refractivity contribution in [1.29, 1.82) is 0 Å². The molecule has 3 unspecified atom stereocenters. The molecule has 0 spiro atoms. The molecule has 4 heteroatoms. The molecule has 0 saturated heterocycles. The Morgan fingerprint density at radius 1 is 1.47 bits per heavy atom. The lowest BCUT2D eigenvalue weighted by atomic mass is 9.86. The quantitative estimate of drug-likeness (QED) is 0.742. The number of ether oxygens (including phenoxy) is 1. The summed E-state index contributed by atoms with van der Waals surface area (Å²) in [5.74, 6) is 0.117. The number of likely N-dealkylation sites (N-methyl/N-ethyl adjacent to an activating group) is 1. The van der Waals surface area contributed by atoms with Crippen molar-refractivity contribution in [3.8, 4) is 0 Å². The number of esters is 1. The standard InChI is InChI=1S/C13H25NO3/c1-4-17-13(16)10(2)14(3)9-11-7-5-6-8-12(11)15/h10-12,15H,4-9H2,1-3H3. The van der Waals surface area contributed by atoms with E-state index in [1.165, 1.54) is 6.42 Å². The maximum absolute atomic E-state index is 11.6. The van der Waals surface area contributed by atoms with Crippen molar-refractivity contribution in [2.24, 2.45) is 5.92 Å². The van der Waals surface area contributed by atoms with E-state index < -0.39 is 0 Å². The van der Waals surface area contributed by atoms with E-state index in [1.807, 2.05) is 25.8 Å². The molecular formula is C13H25NO3. The van der Waals surface area contributed by atoms with Gasteiger partial charge in [0.1, 0.15) is 6.04 Å². The van der Waals surface area contributed by atoms with Crippen LogP contribution >= 0.6 is 0 Å². The first-order valence-corrected chi connectivity index (χ1v) is 6.61. The van der Waals surface area contributed by atoms with Gasteiger partial charge in [0.25, 0.3) is 0 Å². The molecule has 0 aromatic carbocycles. The van der Waals surface area contributed by atoms with Gasteiger partial charge < -0.3 is 9.84 Å². The Hall–Kier alpha value is -0.610. The third-order valence-corrected chi connectivity index (χ3v) is 3.68. The Kier molecular flexibility index (Phi) is 5.92. The van der Waals surface area contributed by atoms with Gasteiger partial charge in [0.15, 0.2) is 0 Å². The maximum Gasteiger partial charge on any atom is 0.323 e. The van der Waals surface area contributed by atoms with Gasteiger partial charge in [0, 0.05) is 6.54 Å². The van der Waals surface area contributed by atoms with Gasteiger partial charge in [-0.05, 0) is 39.7 Å². The van der Waals surface area contributed by atoms with Gasteiger partial charge in [0.2, 0.25) is 0 Å². The zero-order chi connectivity index (χ0) is 12.8. The first-order chi connectivity index (χ1) is 8.06. The lowest BCUT2D eigenvalue weighted by Crippen LogP contribution is -2.43. The van der Waals surface area contributed by atoms with Gasteiger partial charge >= 0.3 is 5.97 Å². The molecule has 4 nitrogen and oxygen atoms in total. The average molecular weight is 243 g/mol. The highest BCUT2D eigenvalue weighted by Gasteiger charge is 2.27. The molecule has 1 saturated carbocycles. The molecule has 3 atom stereocenters. The summed E-state index contributed by atoms with van der Waals surface area (Å²) in [6.45, 7) is 4.85. The lowest BCUT2D eigenvalue weighted by molar-refractivity contribution is -0.148. The molecule has 1 N–H and O–H groups in total. The molecule has 0 amide bonds. The van der Waals surface area contributed by atoms with Gasteiger partial charge in [-0.3, -0.25) is 9.69 Å². The van der Waals surface area contributed by atoms with Crippen LogP contribution in [-0.2, 0) is 9.53 Å². The van der Waals surface area contributed by atoms with E-state index in [2.05, 4.69) is 0 Å². The van der Waals surface area contributed by atoms with Crippen molar-refractivity contribution in [1.82, 2.24) is 4.90 Å². The molecule has 1 fully saturated rings. The summed E-state index contributed by atoms with van der Waals surface area (Å²) in [6.07, 6.45) is 4.05. The highest BCUT2D eigenvalue weighted by Crippen LogP contribution is 2.25. The number of carbonyl (C=O) groups excluding carboxylic acids is 1. The van der Waals surface area contributed by atoms with Crippen molar-refractivity contribution < 1.29 is 14.6 Å². The smallest absolute Gasteiger partial charge is 0.323 e. The Balaban J connectivity index is 2.41. The van der Waals surface area contributed by atoms with E-state index in [9.17, 15) is 9.90 Å². The van der Waals surface area contributed by atoms with Gasteiger partial charge in [-0.1, -0.05) is 12.8 Å². The van der Waals surface area contributed by atoms with Crippen molar-refractivity contribution in [3.05, 3.63) is 0 Å². The summed E-state index contributed by atoms with van der Waals surface area (Å²) >= 11 is 0. The maximum atomic E-state index is 11.6. The van der Waals surface area contributed by atoms with Gasteiger partial charge in [-0.2, -0.15) is 0 Å². The number of carbonyl (C=O) groups is 1. The third kappa shape index (κ3) is 4.28. The zero-order valence-corrected chi connectivity index (χ0v) is 11.2. The molecule has 17 heavy (non-hydrogen) atoms. The van der Waals surface area contributed by atoms with Crippen molar-refractivity contribution >= 4 is 5.97 Å². The van der Waals surface area contributed by atoms with Crippen LogP contribution in [0.1, 0.15) is 39.5 Å². The van der Waals surface area contributed by atoms with Crippen LogP contribution in [0.2, 0.25) is 0 Å². The molecule has 0 radical (unpaired) electrons. The number of nitrogens with zero attached hydrogens (tertiary/aromatic N) is 1. The fourth-order valence-electron chi connectivity index (χ4n) is 2.37. The molecule has 1 aliphatic rings. The fraction of sp³-hybridized carbons (Fsp3) is 0.923. The minimum Gasteiger partial charge on any atom is -0.465 e. The third-order valence-electron chi connectivity index (χ3n) is 3.68. The van der Waals surface area contributed by atoms with Crippen LogP contribution in [0.3, 0.4) is 0 Å². The Labute approximate surface area is 104 Å². The average Bonchev–Trinajstić information content (AvgIpc) is 2.31. The summed E-state index contributed by atoms with van der Waals surface area (Å²) in [4.78, 5) is 13.6. The predicted octanol–water partition coefficient (Wildman–Crippen LogP) is 1.42. The summed E-state index contributed by atoms with van der Waals surface area (Å²) in [5, 5.41) is 9.90. The van der Waals surface area contributed by atoms with Crippen molar-refractivity contribution in [2.45, 2.75) is 51.7 Å². The summed E-state index contributed by atoms with van der Waals surface area (Å²) in [7, 11) is 1.92. The van der Waals surface area contributed by atoms with Crippen molar-refractivity contribution in [2.75, 3.05) is 20.2 Å². The molecule has 1 aliphatic carbocycles. The van der Waals surface area contributed by atoms with Crippen LogP contribution < -0.4 is 0 Å². The first kappa shape index (κ1) is 14.5. The molecule has 0 aliphatic heterocycles. The van der Waals surface area contributed by atoms with Crippen LogP contribution in [0.5, 0.6) is 0 Å². The molecule has 0 aromatic rings. The number of hydrogen-bond acceptors (Lipinski definition) is 4. The second-order valence-electron chi connectivity index (χ2n) is 4.98. The van der Waals surface area contributed by atoms with E-state index >= 15 is 0 Å². The second kappa shape index (κ2) is 6.97. The molecule has 100 valence electrons. The summed E-state index contributed by atoms with van der Waals surface area (Å²) in [6, 6.07) is -0.232. The van der Waals surface area contributed by atoms with Crippen LogP contribution in [0.15, 0.2) is 0 Å². The fourth-order valence-corrected chi connectivity index (χ4v) is 2.37. The van der Waals surface area contributed by atoms with E-state index in [1.54, 1.807) is 0 Å². The zero-order valence-electron chi connectivity index (χ0n) is 11.2. The monoisotopic (exact) mass is 243 g/mol. The second-order valence-corrected chi connectivity index (χ2v) is 4.98. The number of hydrogen-bond donors (Lipinski definition) is 1. The molecule has 0 aromatic heterocycles. The van der Waals surface area contributed by atoms with Crippen LogP contribution in [0.25, 0.3) is 0 Å². The van der Waals surface area contributed by atoms with E-state index in [0.717, 1.165) is 25.8 Å². The largest absolute Gasteiger partial charge is 0.465 e. The number of aliphatic hydroxyl groups is 1. The highest BCUT2D eigenvalue weighted by molar-refractivity contribution is 5.75. The summed E-state index contributed by atoms with van der Waals surface area (Å²) in [5.41, 5.74) is 0. The van der Waals surface area contributed by atoms with E-state index in [0.29, 0.717) is 12.5 Å². The van der Waals surface area contributed by atoms with E-state index in [-0.39, 0.29) is 18.1 Å².